The molecule has 1 aliphatic rings. The van der Waals surface area contributed by atoms with Crippen LogP contribution < -0.4 is 5.32 Å². The summed E-state index contributed by atoms with van der Waals surface area (Å²) in [5, 5.41) is 7.87. The molecule has 124 valence electrons. The lowest BCUT2D eigenvalue weighted by Gasteiger charge is -2.23. The lowest BCUT2D eigenvalue weighted by molar-refractivity contribution is -0.123. The van der Waals surface area contributed by atoms with Crippen molar-refractivity contribution >= 4 is 29.3 Å². The number of carbonyl (C=O) groups is 1. The van der Waals surface area contributed by atoms with E-state index in [1.165, 1.54) is 0 Å². The first-order valence-electron chi connectivity index (χ1n) is 7.81. The van der Waals surface area contributed by atoms with Gasteiger partial charge in [-0.05, 0) is 44.6 Å². The van der Waals surface area contributed by atoms with E-state index >= 15 is 0 Å². The van der Waals surface area contributed by atoms with Gasteiger partial charge in [-0.3, -0.25) is 14.4 Å². The average molecular weight is 340 g/mol. The molecule has 6 heteroatoms. The molecule has 1 aromatic heterocycles. The fourth-order valence-corrected chi connectivity index (χ4v) is 3.28. The highest BCUT2D eigenvalue weighted by Crippen LogP contribution is 2.27. The fraction of sp³-hybridized carbons (Fsp3) is 0.278. The highest BCUT2D eigenvalue weighted by molar-refractivity contribution is 7.80. The first-order valence-corrected chi connectivity index (χ1v) is 8.22. The Bertz CT molecular complexity index is 838. The molecule has 1 N–H and O–H groups in total. The van der Waals surface area contributed by atoms with E-state index in [2.05, 4.69) is 10.4 Å². The van der Waals surface area contributed by atoms with Crippen molar-refractivity contribution in [3.05, 3.63) is 58.5 Å². The van der Waals surface area contributed by atoms with Gasteiger partial charge in [0.25, 0.3) is 5.91 Å². The number of hydrogen-bond acceptors (Lipinski definition) is 3. The molecule has 0 aliphatic carbocycles. The Labute approximate surface area is 147 Å². The van der Waals surface area contributed by atoms with Crippen molar-refractivity contribution in [2.24, 2.45) is 7.05 Å². The van der Waals surface area contributed by atoms with Gasteiger partial charge in [0.1, 0.15) is 5.70 Å². The van der Waals surface area contributed by atoms with Crippen LogP contribution in [-0.2, 0) is 11.8 Å². The zero-order valence-corrected chi connectivity index (χ0v) is 15.0. The summed E-state index contributed by atoms with van der Waals surface area (Å²) < 4.78 is 1.81. The number of nitrogens with one attached hydrogen (secondary N) is 1. The van der Waals surface area contributed by atoms with Gasteiger partial charge in [0, 0.05) is 18.3 Å². The predicted octanol–water partition coefficient (Wildman–Crippen LogP) is 2.86. The maximum atomic E-state index is 12.8. The maximum absolute atomic E-state index is 12.8. The fourth-order valence-electron chi connectivity index (χ4n) is 2.92. The first kappa shape index (κ1) is 16.4. The third kappa shape index (κ3) is 2.73. The van der Waals surface area contributed by atoms with Crippen LogP contribution >= 0.6 is 12.2 Å². The van der Waals surface area contributed by atoms with Crippen LogP contribution in [0.4, 0.5) is 0 Å². The van der Waals surface area contributed by atoms with Crippen molar-refractivity contribution in [2.75, 3.05) is 0 Å². The van der Waals surface area contributed by atoms with Gasteiger partial charge in [0.05, 0.1) is 11.7 Å². The van der Waals surface area contributed by atoms with E-state index < -0.39 is 0 Å². The normalized spacial score (nSPS) is 17.5. The quantitative estimate of drug-likeness (QED) is 0.689. The summed E-state index contributed by atoms with van der Waals surface area (Å²) in [6.45, 7) is 5.89. The number of aromatic nitrogens is 2. The second-order valence-electron chi connectivity index (χ2n) is 5.96. The summed E-state index contributed by atoms with van der Waals surface area (Å²) in [7, 11) is 1.89. The lowest BCUT2D eigenvalue weighted by atomic mass is 10.1. The van der Waals surface area contributed by atoms with Crippen LogP contribution in [0.1, 0.15) is 35.5 Å². The molecule has 0 unspecified atom stereocenters. The Balaban J connectivity index is 1.93. The highest BCUT2D eigenvalue weighted by Gasteiger charge is 2.35. The SMILES string of the molecule is Cc1nn(C)c(C)c1/C=C1\NC(=S)N([C@H](C)c2ccccc2)C1=O. The Morgan fingerprint density at radius 2 is 1.92 bits per heavy atom. The number of carbonyl (C=O) groups excluding carboxylic acids is 1. The van der Waals surface area contributed by atoms with Crippen molar-refractivity contribution in [1.82, 2.24) is 20.0 Å². The Hall–Kier alpha value is -2.47. The molecule has 1 fully saturated rings. The van der Waals surface area contributed by atoms with Gasteiger partial charge in [-0.2, -0.15) is 5.10 Å². The molecule has 1 aliphatic heterocycles. The summed E-state index contributed by atoms with van der Waals surface area (Å²) in [5.41, 5.74) is 4.38. The van der Waals surface area contributed by atoms with E-state index in [-0.39, 0.29) is 11.9 Å². The molecule has 3 rings (SSSR count). The van der Waals surface area contributed by atoms with E-state index in [4.69, 9.17) is 12.2 Å². The molecular weight excluding hydrogens is 320 g/mol. The Morgan fingerprint density at radius 3 is 2.50 bits per heavy atom. The summed E-state index contributed by atoms with van der Waals surface area (Å²) in [6.07, 6.45) is 1.84. The molecule has 1 saturated heterocycles. The number of amides is 1. The van der Waals surface area contributed by atoms with E-state index in [1.54, 1.807) is 4.90 Å². The summed E-state index contributed by atoms with van der Waals surface area (Å²) >= 11 is 5.39. The molecule has 0 spiro atoms. The van der Waals surface area contributed by atoms with E-state index in [0.29, 0.717) is 10.8 Å². The summed E-state index contributed by atoms with van der Waals surface area (Å²) in [6, 6.07) is 9.75. The molecule has 0 bridgehead atoms. The van der Waals surface area contributed by atoms with E-state index in [1.807, 2.05) is 68.9 Å². The molecule has 1 aromatic carbocycles. The predicted molar refractivity (Wildman–Crippen MR) is 98.1 cm³/mol. The highest BCUT2D eigenvalue weighted by atomic mass is 32.1. The third-order valence-corrected chi connectivity index (χ3v) is 4.73. The standard InChI is InChI=1S/C18H20N4OS/c1-11-15(13(3)21(4)20-11)10-16-17(23)22(18(24)19-16)12(2)14-8-6-5-7-9-14/h5-10,12H,1-4H3,(H,19,24)/b16-10-/t12-/m1/s1. The molecule has 24 heavy (non-hydrogen) atoms. The van der Waals surface area contributed by atoms with Crippen LogP contribution in [0.5, 0.6) is 0 Å². The molecule has 0 radical (unpaired) electrons. The van der Waals surface area contributed by atoms with Gasteiger partial charge in [0.2, 0.25) is 0 Å². The monoisotopic (exact) mass is 340 g/mol. The van der Waals surface area contributed by atoms with Gasteiger partial charge in [-0.15, -0.1) is 0 Å². The van der Waals surface area contributed by atoms with E-state index in [9.17, 15) is 4.79 Å². The second-order valence-corrected chi connectivity index (χ2v) is 6.34. The number of hydrogen-bond donors (Lipinski definition) is 1. The Kier molecular flexibility index (Phi) is 4.24. The molecule has 2 heterocycles. The van der Waals surface area contributed by atoms with E-state index in [0.717, 1.165) is 22.5 Å². The van der Waals surface area contributed by atoms with Gasteiger partial charge in [-0.25, -0.2) is 0 Å². The molecule has 1 atom stereocenters. The first-order chi connectivity index (χ1) is 11.4. The van der Waals surface area contributed by atoms with Crippen LogP contribution in [0, 0.1) is 13.8 Å². The van der Waals surface area contributed by atoms with Crippen molar-refractivity contribution in [3.63, 3.8) is 0 Å². The van der Waals surface area contributed by atoms with Gasteiger partial charge >= 0.3 is 0 Å². The number of benzene rings is 1. The molecule has 0 saturated carbocycles. The number of rotatable bonds is 3. The van der Waals surface area contributed by atoms with Crippen LogP contribution in [-0.4, -0.2) is 25.7 Å². The van der Waals surface area contributed by atoms with Gasteiger partial charge in [0.15, 0.2) is 5.11 Å². The molecule has 2 aromatic rings. The van der Waals surface area contributed by atoms with Crippen molar-refractivity contribution in [1.29, 1.82) is 0 Å². The van der Waals surface area contributed by atoms with Gasteiger partial charge < -0.3 is 5.32 Å². The van der Waals surface area contributed by atoms with Crippen LogP contribution in [0.25, 0.3) is 6.08 Å². The number of nitrogens with zero attached hydrogens (tertiary/aromatic N) is 3. The third-order valence-electron chi connectivity index (χ3n) is 4.43. The van der Waals surface area contributed by atoms with Crippen LogP contribution in [0.3, 0.4) is 0 Å². The van der Waals surface area contributed by atoms with Gasteiger partial charge in [-0.1, -0.05) is 30.3 Å². The van der Waals surface area contributed by atoms with Crippen LogP contribution in [0.15, 0.2) is 36.0 Å². The number of thiocarbonyl (C=S) groups is 1. The molecular formula is C18H20N4OS. The van der Waals surface area contributed by atoms with Crippen molar-refractivity contribution in [3.8, 4) is 0 Å². The number of aryl methyl sites for hydroxylation is 2. The summed E-state index contributed by atoms with van der Waals surface area (Å²) in [5.74, 6) is -0.112. The zero-order valence-electron chi connectivity index (χ0n) is 14.2. The second kappa shape index (κ2) is 6.20. The van der Waals surface area contributed by atoms with Crippen molar-refractivity contribution in [2.45, 2.75) is 26.8 Å². The summed E-state index contributed by atoms with van der Waals surface area (Å²) in [4.78, 5) is 14.5. The Morgan fingerprint density at radius 1 is 1.25 bits per heavy atom. The molecule has 5 nitrogen and oxygen atoms in total. The largest absolute Gasteiger partial charge is 0.328 e. The minimum Gasteiger partial charge on any atom is -0.328 e. The average Bonchev–Trinajstić information content (AvgIpc) is 2.98. The zero-order chi connectivity index (χ0) is 17.4. The van der Waals surface area contributed by atoms with Crippen molar-refractivity contribution < 1.29 is 4.79 Å². The lowest BCUT2D eigenvalue weighted by Crippen LogP contribution is -2.33. The topological polar surface area (TPSA) is 50.2 Å². The minimum absolute atomic E-state index is 0.112. The molecule has 1 amide bonds. The van der Waals surface area contributed by atoms with Crippen LogP contribution in [0.2, 0.25) is 0 Å². The minimum atomic E-state index is -0.124. The smallest absolute Gasteiger partial charge is 0.277 e. The maximum Gasteiger partial charge on any atom is 0.277 e.